The van der Waals surface area contributed by atoms with Crippen LogP contribution in [0.1, 0.15) is 12.5 Å². The van der Waals surface area contributed by atoms with Crippen molar-refractivity contribution in [2.75, 3.05) is 23.7 Å². The van der Waals surface area contributed by atoms with E-state index in [0.29, 0.717) is 18.0 Å². The van der Waals surface area contributed by atoms with Crippen LogP contribution in [-0.4, -0.2) is 39.8 Å². The number of nitrogens with one attached hydrogen (secondary N) is 1. The summed E-state index contributed by atoms with van der Waals surface area (Å²) in [7, 11) is -3.61. The average Bonchev–Trinajstić information content (AvgIpc) is 2.60. The molecule has 0 aliphatic heterocycles. The summed E-state index contributed by atoms with van der Waals surface area (Å²) in [4.78, 5) is 12.4. The molecule has 0 saturated carbocycles. The monoisotopic (exact) mass is 376 g/mol. The highest BCUT2D eigenvalue weighted by Gasteiger charge is 2.28. The lowest BCUT2D eigenvalue weighted by Gasteiger charge is -2.28. The Bertz CT molecular complexity index is 820. The predicted octanol–water partition coefficient (Wildman–Crippen LogP) is 2.34. The van der Waals surface area contributed by atoms with Crippen molar-refractivity contribution in [2.24, 2.45) is 0 Å². The largest absolute Gasteiger partial charge is 0.492 e. The van der Waals surface area contributed by atoms with Crippen molar-refractivity contribution in [1.82, 2.24) is 5.32 Å². The van der Waals surface area contributed by atoms with Crippen LogP contribution in [0.15, 0.2) is 54.6 Å². The number of para-hydroxylation sites is 1. The van der Waals surface area contributed by atoms with Crippen LogP contribution in [0, 0.1) is 6.92 Å². The zero-order valence-electron chi connectivity index (χ0n) is 15.2. The third kappa shape index (κ3) is 5.49. The molecule has 0 heterocycles. The van der Waals surface area contributed by atoms with Crippen molar-refractivity contribution >= 4 is 21.6 Å². The lowest BCUT2D eigenvalue weighted by molar-refractivity contribution is -0.121. The molecule has 0 fully saturated rings. The Labute approximate surface area is 154 Å². The van der Waals surface area contributed by atoms with E-state index in [-0.39, 0.29) is 12.5 Å². The van der Waals surface area contributed by atoms with E-state index in [1.165, 1.54) is 0 Å². The standard InChI is InChI=1S/C19H24N2O4S/c1-15-9-11-17(12-10-15)21(26(3,23)24)16(2)19(22)20-13-14-25-18-7-5-4-6-8-18/h4-12,16H,13-14H2,1-3H3,(H,20,22)/t16-/m0/s1. The Hall–Kier alpha value is -2.54. The number of benzene rings is 2. The van der Waals surface area contributed by atoms with Gasteiger partial charge in [-0.3, -0.25) is 9.10 Å². The van der Waals surface area contributed by atoms with E-state index in [2.05, 4.69) is 5.32 Å². The Kier molecular flexibility index (Phi) is 6.63. The van der Waals surface area contributed by atoms with Crippen LogP contribution < -0.4 is 14.4 Å². The molecule has 2 rings (SSSR count). The fourth-order valence-electron chi connectivity index (χ4n) is 2.51. The van der Waals surface area contributed by atoms with E-state index in [1.807, 2.05) is 49.4 Å². The SMILES string of the molecule is Cc1ccc(N([C@@H](C)C(=O)NCCOc2ccccc2)S(C)(=O)=O)cc1. The van der Waals surface area contributed by atoms with Crippen LogP contribution in [0.4, 0.5) is 5.69 Å². The molecule has 1 N–H and O–H groups in total. The van der Waals surface area contributed by atoms with Crippen molar-refractivity contribution in [3.05, 3.63) is 60.2 Å². The molecule has 0 aliphatic rings. The Morgan fingerprint density at radius 3 is 2.31 bits per heavy atom. The van der Waals surface area contributed by atoms with Crippen LogP contribution in [0.2, 0.25) is 0 Å². The van der Waals surface area contributed by atoms with Gasteiger partial charge in [0, 0.05) is 0 Å². The van der Waals surface area contributed by atoms with Crippen LogP contribution in [0.3, 0.4) is 0 Å². The van der Waals surface area contributed by atoms with Gasteiger partial charge >= 0.3 is 0 Å². The summed E-state index contributed by atoms with van der Waals surface area (Å²) in [6.45, 7) is 4.06. The maximum absolute atomic E-state index is 12.4. The number of hydrogen-bond acceptors (Lipinski definition) is 4. The molecule has 0 aliphatic carbocycles. The first-order chi connectivity index (χ1) is 12.3. The minimum atomic E-state index is -3.61. The summed E-state index contributed by atoms with van der Waals surface area (Å²) >= 11 is 0. The van der Waals surface area contributed by atoms with Gasteiger partial charge in [-0.2, -0.15) is 0 Å². The molecule has 0 bridgehead atoms. The molecule has 2 aromatic rings. The normalized spacial score (nSPS) is 12.3. The quantitative estimate of drug-likeness (QED) is 0.718. The molecule has 0 saturated heterocycles. The number of ether oxygens (including phenoxy) is 1. The van der Waals surface area contributed by atoms with Gasteiger partial charge in [-0.15, -0.1) is 0 Å². The summed E-state index contributed by atoms with van der Waals surface area (Å²) in [5, 5.41) is 2.72. The lowest BCUT2D eigenvalue weighted by atomic mass is 10.2. The number of hydrogen-bond donors (Lipinski definition) is 1. The minimum absolute atomic E-state index is 0.281. The Morgan fingerprint density at radius 1 is 1.12 bits per heavy atom. The van der Waals surface area contributed by atoms with Gasteiger partial charge in [0.2, 0.25) is 15.9 Å². The molecule has 0 spiro atoms. The maximum atomic E-state index is 12.4. The van der Waals surface area contributed by atoms with Crippen molar-refractivity contribution in [2.45, 2.75) is 19.9 Å². The highest BCUT2D eigenvalue weighted by molar-refractivity contribution is 7.92. The highest BCUT2D eigenvalue weighted by Crippen LogP contribution is 2.21. The fraction of sp³-hybridized carbons (Fsp3) is 0.316. The molecule has 0 unspecified atom stereocenters. The smallest absolute Gasteiger partial charge is 0.243 e. The Balaban J connectivity index is 1.98. The molecule has 0 radical (unpaired) electrons. The number of aryl methyl sites for hydroxylation is 1. The third-order valence-corrected chi connectivity index (χ3v) is 5.03. The van der Waals surface area contributed by atoms with Gasteiger partial charge in [0.05, 0.1) is 18.5 Å². The van der Waals surface area contributed by atoms with E-state index >= 15 is 0 Å². The zero-order valence-corrected chi connectivity index (χ0v) is 16.0. The first kappa shape index (κ1) is 19.8. The second-order valence-electron chi connectivity index (χ2n) is 6.02. The van der Waals surface area contributed by atoms with Crippen LogP contribution >= 0.6 is 0 Å². The predicted molar refractivity (Wildman–Crippen MR) is 103 cm³/mol. The molecule has 6 nitrogen and oxygen atoms in total. The molecule has 1 amide bonds. The summed E-state index contributed by atoms with van der Waals surface area (Å²) < 4.78 is 31.0. The summed E-state index contributed by atoms with van der Waals surface area (Å²) in [6, 6.07) is 15.4. The molecule has 0 aromatic heterocycles. The van der Waals surface area contributed by atoms with Gasteiger partial charge < -0.3 is 10.1 Å². The maximum Gasteiger partial charge on any atom is 0.243 e. The van der Waals surface area contributed by atoms with E-state index in [9.17, 15) is 13.2 Å². The van der Waals surface area contributed by atoms with Crippen molar-refractivity contribution < 1.29 is 17.9 Å². The van der Waals surface area contributed by atoms with Gasteiger partial charge in [0.15, 0.2) is 0 Å². The molecular weight excluding hydrogens is 352 g/mol. The Morgan fingerprint density at radius 2 is 1.73 bits per heavy atom. The second-order valence-corrected chi connectivity index (χ2v) is 7.88. The molecule has 7 heteroatoms. The second kappa shape index (κ2) is 8.71. The average molecular weight is 376 g/mol. The van der Waals surface area contributed by atoms with E-state index < -0.39 is 16.1 Å². The lowest BCUT2D eigenvalue weighted by Crippen LogP contribution is -2.48. The van der Waals surface area contributed by atoms with Gasteiger partial charge in [-0.25, -0.2) is 8.42 Å². The molecule has 140 valence electrons. The van der Waals surface area contributed by atoms with Gasteiger partial charge in [0.25, 0.3) is 0 Å². The van der Waals surface area contributed by atoms with Gasteiger partial charge in [-0.1, -0.05) is 35.9 Å². The third-order valence-electron chi connectivity index (χ3n) is 3.79. The number of carbonyl (C=O) groups is 1. The zero-order chi connectivity index (χ0) is 19.2. The molecule has 1 atom stereocenters. The topological polar surface area (TPSA) is 75.7 Å². The van der Waals surface area contributed by atoms with Crippen molar-refractivity contribution in [3.63, 3.8) is 0 Å². The van der Waals surface area contributed by atoms with Gasteiger partial charge in [-0.05, 0) is 38.1 Å². The minimum Gasteiger partial charge on any atom is -0.492 e. The molecular formula is C19H24N2O4S. The number of sulfonamides is 1. The highest BCUT2D eigenvalue weighted by atomic mass is 32.2. The molecule has 2 aromatic carbocycles. The summed E-state index contributed by atoms with van der Waals surface area (Å²) in [6.07, 6.45) is 1.09. The first-order valence-electron chi connectivity index (χ1n) is 8.30. The van der Waals surface area contributed by atoms with Crippen LogP contribution in [-0.2, 0) is 14.8 Å². The number of amides is 1. The van der Waals surface area contributed by atoms with E-state index in [4.69, 9.17) is 4.74 Å². The van der Waals surface area contributed by atoms with Crippen molar-refractivity contribution in [3.8, 4) is 5.75 Å². The number of carbonyl (C=O) groups excluding carboxylic acids is 1. The number of anilines is 1. The summed E-state index contributed by atoms with van der Waals surface area (Å²) in [5.74, 6) is 0.333. The first-order valence-corrected chi connectivity index (χ1v) is 10.2. The number of nitrogens with zero attached hydrogens (tertiary/aromatic N) is 1. The molecule has 26 heavy (non-hydrogen) atoms. The summed E-state index contributed by atoms with van der Waals surface area (Å²) in [5.41, 5.74) is 1.47. The van der Waals surface area contributed by atoms with Gasteiger partial charge in [0.1, 0.15) is 18.4 Å². The number of rotatable bonds is 8. The van der Waals surface area contributed by atoms with E-state index in [1.54, 1.807) is 19.1 Å². The van der Waals surface area contributed by atoms with Crippen LogP contribution in [0.25, 0.3) is 0 Å². The van der Waals surface area contributed by atoms with E-state index in [0.717, 1.165) is 16.1 Å². The van der Waals surface area contributed by atoms with Crippen molar-refractivity contribution in [1.29, 1.82) is 0 Å². The van der Waals surface area contributed by atoms with Crippen LogP contribution in [0.5, 0.6) is 5.75 Å². The fourth-order valence-corrected chi connectivity index (χ4v) is 3.68.